The predicted molar refractivity (Wildman–Crippen MR) is 170 cm³/mol. The smallest absolute Gasteiger partial charge is 0.0991 e. The van der Waals surface area contributed by atoms with E-state index in [4.69, 9.17) is 0 Å². The zero-order valence-electron chi connectivity index (χ0n) is 22.5. The molecule has 0 saturated carbocycles. The van der Waals surface area contributed by atoms with Crippen molar-refractivity contribution in [1.29, 1.82) is 5.26 Å². The van der Waals surface area contributed by atoms with E-state index in [9.17, 15) is 5.26 Å². The van der Waals surface area contributed by atoms with Crippen LogP contribution in [-0.2, 0) is 0 Å². The highest BCUT2D eigenvalue weighted by Crippen LogP contribution is 2.39. The van der Waals surface area contributed by atoms with Crippen LogP contribution in [0.2, 0.25) is 0 Å². The van der Waals surface area contributed by atoms with E-state index in [1.165, 1.54) is 43.6 Å². The van der Waals surface area contributed by atoms with Gasteiger partial charge in [0.1, 0.15) is 0 Å². The molecule has 0 atom stereocenters. The molecule has 8 rings (SSSR count). The van der Waals surface area contributed by atoms with Crippen molar-refractivity contribution >= 4 is 43.6 Å². The van der Waals surface area contributed by atoms with Crippen molar-refractivity contribution < 1.29 is 0 Å². The summed E-state index contributed by atoms with van der Waals surface area (Å²) in [6.07, 6.45) is 0. The molecule has 0 aliphatic rings. The normalized spacial score (nSPS) is 11.5. The third kappa shape index (κ3) is 3.51. The van der Waals surface area contributed by atoms with Crippen molar-refractivity contribution in [3.63, 3.8) is 0 Å². The fourth-order valence-electron chi connectivity index (χ4n) is 6.41. The largest absolute Gasteiger partial charge is 0.309 e. The zero-order valence-corrected chi connectivity index (χ0v) is 22.5. The molecule has 0 saturated heterocycles. The van der Waals surface area contributed by atoms with E-state index in [2.05, 4.69) is 137 Å². The van der Waals surface area contributed by atoms with E-state index in [0.29, 0.717) is 5.56 Å². The maximum atomic E-state index is 9.27. The minimum Gasteiger partial charge on any atom is -0.309 e. The van der Waals surface area contributed by atoms with Gasteiger partial charge >= 0.3 is 0 Å². The number of hydrogen-bond donors (Lipinski definition) is 0. The molecular weight excluding hydrogens is 498 g/mol. The molecule has 0 aliphatic carbocycles. The molecule has 2 heterocycles. The minimum absolute atomic E-state index is 0.687. The molecule has 0 aliphatic heterocycles. The Morgan fingerprint density at radius 1 is 0.488 bits per heavy atom. The molecule has 0 radical (unpaired) electrons. The van der Waals surface area contributed by atoms with Crippen molar-refractivity contribution in [3.8, 4) is 28.6 Å². The van der Waals surface area contributed by atoms with Crippen LogP contribution >= 0.6 is 0 Å². The molecule has 192 valence electrons. The summed E-state index contributed by atoms with van der Waals surface area (Å²) in [6, 6.07) is 49.6. The van der Waals surface area contributed by atoms with Crippen LogP contribution in [-0.4, -0.2) is 9.13 Å². The van der Waals surface area contributed by atoms with Gasteiger partial charge in [-0.3, -0.25) is 0 Å². The van der Waals surface area contributed by atoms with E-state index >= 15 is 0 Å². The summed E-state index contributed by atoms with van der Waals surface area (Å²) in [5.41, 5.74) is 11.1. The first-order valence-corrected chi connectivity index (χ1v) is 13.8. The van der Waals surface area contributed by atoms with Crippen LogP contribution < -0.4 is 0 Å². The lowest BCUT2D eigenvalue weighted by molar-refractivity contribution is 1.16. The first-order chi connectivity index (χ1) is 20.2. The van der Waals surface area contributed by atoms with Gasteiger partial charge in [0.25, 0.3) is 0 Å². The monoisotopic (exact) mass is 523 g/mol. The molecule has 3 heteroatoms. The standard InChI is InChI=1S/C38H25N3/c1-25-21-26(24-39)15-20-30(25)27-16-18-29(19-17-27)41-36-14-8-6-12-32(36)34-22-33-31-11-5-7-13-35(31)40(37(33)23-38(34)41)28-9-3-2-4-10-28/h2-23H,1H3. The Balaban J connectivity index is 1.40. The lowest BCUT2D eigenvalue weighted by atomic mass is 9.98. The van der Waals surface area contributed by atoms with E-state index < -0.39 is 0 Å². The molecule has 0 bridgehead atoms. The molecule has 0 N–H and O–H groups in total. The molecule has 3 nitrogen and oxygen atoms in total. The van der Waals surface area contributed by atoms with Crippen molar-refractivity contribution in [2.75, 3.05) is 0 Å². The first kappa shape index (κ1) is 23.3. The van der Waals surface area contributed by atoms with E-state index in [-0.39, 0.29) is 0 Å². The Morgan fingerprint density at radius 3 is 1.63 bits per heavy atom. The topological polar surface area (TPSA) is 33.6 Å². The van der Waals surface area contributed by atoms with Gasteiger partial charge in [0, 0.05) is 32.9 Å². The summed E-state index contributed by atoms with van der Waals surface area (Å²) in [4.78, 5) is 0. The summed E-state index contributed by atoms with van der Waals surface area (Å²) in [5, 5.41) is 14.3. The zero-order chi connectivity index (χ0) is 27.5. The third-order valence-corrected chi connectivity index (χ3v) is 8.27. The van der Waals surface area contributed by atoms with Crippen molar-refractivity contribution in [1.82, 2.24) is 9.13 Å². The second kappa shape index (κ2) is 8.98. The van der Waals surface area contributed by atoms with Crippen LogP contribution in [0.25, 0.3) is 66.1 Å². The van der Waals surface area contributed by atoms with E-state index in [0.717, 1.165) is 28.1 Å². The molecule has 41 heavy (non-hydrogen) atoms. The number of aryl methyl sites for hydroxylation is 1. The second-order valence-electron chi connectivity index (χ2n) is 10.6. The van der Waals surface area contributed by atoms with Gasteiger partial charge in [-0.25, -0.2) is 0 Å². The second-order valence-corrected chi connectivity index (χ2v) is 10.6. The van der Waals surface area contributed by atoms with Gasteiger partial charge in [-0.15, -0.1) is 0 Å². The maximum absolute atomic E-state index is 9.27. The number of fused-ring (bicyclic) bond motifs is 6. The van der Waals surface area contributed by atoms with Crippen LogP contribution in [0.3, 0.4) is 0 Å². The molecule has 0 fully saturated rings. The number of rotatable bonds is 3. The quantitative estimate of drug-likeness (QED) is 0.227. The number of benzene rings is 6. The minimum atomic E-state index is 0.687. The maximum Gasteiger partial charge on any atom is 0.0991 e. The number of para-hydroxylation sites is 3. The molecule has 0 amide bonds. The van der Waals surface area contributed by atoms with Crippen LogP contribution in [0.4, 0.5) is 0 Å². The molecule has 6 aromatic carbocycles. The van der Waals surface area contributed by atoms with E-state index in [1.807, 2.05) is 18.2 Å². The van der Waals surface area contributed by atoms with Crippen LogP contribution in [0, 0.1) is 18.3 Å². The molecule has 0 unspecified atom stereocenters. The summed E-state index contributed by atoms with van der Waals surface area (Å²) >= 11 is 0. The van der Waals surface area contributed by atoms with Crippen LogP contribution in [0.5, 0.6) is 0 Å². The highest BCUT2D eigenvalue weighted by Gasteiger charge is 2.18. The van der Waals surface area contributed by atoms with Gasteiger partial charge in [0.2, 0.25) is 0 Å². The van der Waals surface area contributed by atoms with Gasteiger partial charge in [0.15, 0.2) is 0 Å². The Morgan fingerprint density at radius 2 is 1.05 bits per heavy atom. The van der Waals surface area contributed by atoms with E-state index in [1.54, 1.807) is 0 Å². The SMILES string of the molecule is Cc1cc(C#N)ccc1-c1ccc(-n2c3ccccc3c3cc4c5ccccc5n(-c5ccccc5)c4cc32)cc1. The first-order valence-electron chi connectivity index (χ1n) is 13.8. The van der Waals surface area contributed by atoms with Gasteiger partial charge in [-0.05, 0) is 84.3 Å². The van der Waals surface area contributed by atoms with Gasteiger partial charge in [-0.1, -0.05) is 72.8 Å². The number of aromatic nitrogens is 2. The predicted octanol–water partition coefficient (Wildman–Crippen LogP) is 9.73. The number of hydrogen-bond acceptors (Lipinski definition) is 1. The third-order valence-electron chi connectivity index (χ3n) is 8.27. The number of nitrogens with zero attached hydrogens (tertiary/aromatic N) is 3. The summed E-state index contributed by atoms with van der Waals surface area (Å²) in [7, 11) is 0. The Labute approximate surface area is 237 Å². The van der Waals surface area contributed by atoms with Crippen molar-refractivity contribution in [2.24, 2.45) is 0 Å². The fraction of sp³-hybridized carbons (Fsp3) is 0.0263. The molecule has 0 spiro atoms. The highest BCUT2D eigenvalue weighted by molar-refractivity contribution is 6.19. The van der Waals surface area contributed by atoms with Gasteiger partial charge in [-0.2, -0.15) is 5.26 Å². The van der Waals surface area contributed by atoms with Crippen LogP contribution in [0.1, 0.15) is 11.1 Å². The fourth-order valence-corrected chi connectivity index (χ4v) is 6.41. The molecule has 2 aromatic heterocycles. The molecule has 8 aromatic rings. The van der Waals surface area contributed by atoms with Crippen LogP contribution in [0.15, 0.2) is 133 Å². The van der Waals surface area contributed by atoms with Crippen molar-refractivity contribution in [3.05, 3.63) is 145 Å². The average molecular weight is 524 g/mol. The highest BCUT2D eigenvalue weighted by atomic mass is 15.0. The average Bonchev–Trinajstić information content (AvgIpc) is 3.52. The molecular formula is C38H25N3. The summed E-state index contributed by atoms with van der Waals surface area (Å²) < 4.78 is 4.76. The summed E-state index contributed by atoms with van der Waals surface area (Å²) in [5.74, 6) is 0. The van der Waals surface area contributed by atoms with Gasteiger partial charge < -0.3 is 9.13 Å². The lowest BCUT2D eigenvalue weighted by Gasteiger charge is -2.12. The lowest BCUT2D eigenvalue weighted by Crippen LogP contribution is -1.96. The Kier molecular flexibility index (Phi) is 5.10. The Hall–Kier alpha value is -5.59. The Bertz CT molecular complexity index is 2310. The summed E-state index contributed by atoms with van der Waals surface area (Å²) in [6.45, 7) is 2.06. The number of nitriles is 1. The van der Waals surface area contributed by atoms with Gasteiger partial charge in [0.05, 0.1) is 33.7 Å². The van der Waals surface area contributed by atoms with Crippen molar-refractivity contribution in [2.45, 2.75) is 6.92 Å².